The van der Waals surface area contributed by atoms with Gasteiger partial charge in [0.1, 0.15) is 0 Å². The van der Waals surface area contributed by atoms with Gasteiger partial charge in [-0.3, -0.25) is 0 Å². The fourth-order valence-corrected chi connectivity index (χ4v) is 2.63. The summed E-state index contributed by atoms with van der Waals surface area (Å²) in [4.78, 5) is 0. The molecule has 0 heterocycles. The number of hydrogen-bond donors (Lipinski definition) is 1. The van der Waals surface area contributed by atoms with Crippen molar-refractivity contribution in [1.29, 1.82) is 0 Å². The van der Waals surface area contributed by atoms with Gasteiger partial charge in [-0.05, 0) is 19.3 Å². The molecule has 6 heteroatoms. The van der Waals surface area contributed by atoms with Gasteiger partial charge in [0, 0.05) is 11.9 Å². The molecule has 0 aromatic heterocycles. The van der Waals surface area contributed by atoms with Gasteiger partial charge in [0.25, 0.3) is 0 Å². The largest absolute Gasteiger partial charge is 1.00 e. The van der Waals surface area contributed by atoms with E-state index in [4.69, 9.17) is 5.11 Å². The van der Waals surface area contributed by atoms with Gasteiger partial charge in [0.05, 0.1) is 10.1 Å². The Kier molecular flexibility index (Phi) is 14.2. The smallest absolute Gasteiger partial charge is 0.748 e. The van der Waals surface area contributed by atoms with Crippen LogP contribution in [-0.4, -0.2) is 29.9 Å². The molecular formula is C11H23NaO4S. The first-order valence-corrected chi connectivity index (χ1v) is 7.55. The van der Waals surface area contributed by atoms with E-state index < -0.39 is 15.4 Å². The van der Waals surface area contributed by atoms with E-state index in [1.54, 1.807) is 0 Å². The minimum absolute atomic E-state index is 0. The van der Waals surface area contributed by atoms with Crippen LogP contribution < -0.4 is 29.6 Å². The molecule has 0 amide bonds. The predicted molar refractivity (Wildman–Crippen MR) is 63.2 cm³/mol. The van der Waals surface area contributed by atoms with Crippen molar-refractivity contribution in [3.8, 4) is 0 Å². The van der Waals surface area contributed by atoms with E-state index in [0.717, 1.165) is 25.7 Å². The van der Waals surface area contributed by atoms with E-state index in [1.165, 1.54) is 0 Å². The predicted octanol–water partition coefficient (Wildman–Crippen LogP) is -0.963. The maximum atomic E-state index is 11.0. The summed E-state index contributed by atoms with van der Waals surface area (Å²) in [5.41, 5.74) is 0. The number of aliphatic hydroxyl groups excluding tert-OH is 1. The summed E-state index contributed by atoms with van der Waals surface area (Å²) in [6.07, 6.45) is 5.91. The van der Waals surface area contributed by atoms with Crippen molar-refractivity contribution in [2.24, 2.45) is 0 Å². The maximum Gasteiger partial charge on any atom is 1.00 e. The van der Waals surface area contributed by atoms with Crippen LogP contribution in [0.3, 0.4) is 0 Å². The summed E-state index contributed by atoms with van der Waals surface area (Å²) in [7, 11) is -4.15. The Labute approximate surface area is 127 Å². The number of rotatable bonds is 10. The Balaban J connectivity index is 0. The molecule has 0 aliphatic carbocycles. The number of unbranched alkanes of at least 4 members (excludes halogenated alkanes) is 4. The molecule has 0 radical (unpaired) electrons. The fourth-order valence-electron chi connectivity index (χ4n) is 1.72. The topological polar surface area (TPSA) is 77.4 Å². The van der Waals surface area contributed by atoms with Crippen LogP contribution in [0.1, 0.15) is 58.3 Å². The molecule has 0 saturated carbocycles. The first-order valence-electron chi connectivity index (χ1n) is 6.08. The quantitative estimate of drug-likeness (QED) is 0.316. The van der Waals surface area contributed by atoms with Crippen LogP contribution in [0.5, 0.6) is 0 Å². The second-order valence-electron chi connectivity index (χ2n) is 4.18. The standard InChI is InChI=1S/C11H24O4S.Na/c1-2-3-5-8-11(16(13,14)15)9-6-4-7-10-12;/h11-12H,2-10H2,1H3,(H,13,14,15);/q;+1/p-1. The van der Waals surface area contributed by atoms with Crippen molar-refractivity contribution in [2.75, 3.05) is 6.61 Å². The summed E-state index contributed by atoms with van der Waals surface area (Å²) >= 11 is 0. The zero-order valence-electron chi connectivity index (χ0n) is 11.0. The van der Waals surface area contributed by atoms with Crippen molar-refractivity contribution >= 4 is 10.1 Å². The SMILES string of the molecule is CCCCCC(CCCCCO)S(=O)(=O)[O-].[Na+]. The van der Waals surface area contributed by atoms with Gasteiger partial charge >= 0.3 is 29.6 Å². The van der Waals surface area contributed by atoms with Gasteiger partial charge in [-0.15, -0.1) is 0 Å². The van der Waals surface area contributed by atoms with Crippen molar-refractivity contribution in [1.82, 2.24) is 0 Å². The van der Waals surface area contributed by atoms with Gasteiger partial charge in [0.2, 0.25) is 0 Å². The Morgan fingerprint density at radius 2 is 1.59 bits per heavy atom. The van der Waals surface area contributed by atoms with Crippen LogP contribution in [0, 0.1) is 0 Å². The van der Waals surface area contributed by atoms with Gasteiger partial charge in [-0.1, -0.05) is 39.0 Å². The maximum absolute atomic E-state index is 11.0. The molecule has 0 aliphatic heterocycles. The van der Waals surface area contributed by atoms with Crippen LogP contribution in [0.4, 0.5) is 0 Å². The van der Waals surface area contributed by atoms with Crippen LogP contribution in [-0.2, 0) is 10.1 Å². The molecule has 1 atom stereocenters. The number of aliphatic hydroxyl groups is 1. The van der Waals surface area contributed by atoms with Crippen LogP contribution in [0.15, 0.2) is 0 Å². The molecular weight excluding hydrogens is 251 g/mol. The normalized spacial score (nSPS) is 13.1. The third-order valence-corrected chi connectivity index (χ3v) is 4.01. The minimum Gasteiger partial charge on any atom is -0.748 e. The van der Waals surface area contributed by atoms with E-state index in [2.05, 4.69) is 0 Å². The Bertz CT molecular complexity index is 254. The Morgan fingerprint density at radius 1 is 1.06 bits per heavy atom. The average Bonchev–Trinajstić information content (AvgIpc) is 2.20. The summed E-state index contributed by atoms with van der Waals surface area (Å²) in [6, 6.07) is 0. The second kappa shape index (κ2) is 11.9. The van der Waals surface area contributed by atoms with Gasteiger partial charge in [-0.25, -0.2) is 8.42 Å². The molecule has 98 valence electrons. The van der Waals surface area contributed by atoms with Crippen molar-refractivity contribution in [3.63, 3.8) is 0 Å². The first-order chi connectivity index (χ1) is 7.52. The molecule has 1 unspecified atom stereocenters. The second-order valence-corrected chi connectivity index (χ2v) is 5.84. The monoisotopic (exact) mass is 274 g/mol. The molecule has 0 saturated heterocycles. The van der Waals surface area contributed by atoms with Gasteiger partial charge < -0.3 is 9.66 Å². The van der Waals surface area contributed by atoms with Gasteiger partial charge in [-0.2, -0.15) is 0 Å². The summed E-state index contributed by atoms with van der Waals surface area (Å²) in [5.74, 6) is 0. The summed E-state index contributed by atoms with van der Waals surface area (Å²) < 4.78 is 33.0. The van der Waals surface area contributed by atoms with Crippen LogP contribution in [0.25, 0.3) is 0 Å². The zero-order chi connectivity index (χ0) is 12.4. The first kappa shape index (κ1) is 20.2. The van der Waals surface area contributed by atoms with Crippen LogP contribution >= 0.6 is 0 Å². The van der Waals surface area contributed by atoms with Crippen molar-refractivity contribution in [3.05, 3.63) is 0 Å². The third kappa shape index (κ3) is 11.7. The summed E-state index contributed by atoms with van der Waals surface area (Å²) in [5, 5.41) is 7.86. The van der Waals surface area contributed by atoms with Crippen molar-refractivity contribution in [2.45, 2.75) is 63.5 Å². The third-order valence-electron chi connectivity index (χ3n) is 2.72. The van der Waals surface area contributed by atoms with Gasteiger partial charge in [0.15, 0.2) is 0 Å². The molecule has 4 nitrogen and oxygen atoms in total. The average molecular weight is 274 g/mol. The zero-order valence-corrected chi connectivity index (χ0v) is 13.8. The molecule has 0 spiro atoms. The number of hydrogen-bond acceptors (Lipinski definition) is 4. The molecule has 1 N–H and O–H groups in total. The molecule has 0 aromatic carbocycles. The van der Waals surface area contributed by atoms with E-state index in [1.807, 2.05) is 6.92 Å². The Hall–Kier alpha value is 0.870. The van der Waals surface area contributed by atoms with E-state index >= 15 is 0 Å². The molecule has 17 heavy (non-hydrogen) atoms. The molecule has 0 bridgehead atoms. The van der Waals surface area contributed by atoms with E-state index in [0.29, 0.717) is 25.7 Å². The molecule has 0 aromatic rings. The van der Waals surface area contributed by atoms with E-state index in [9.17, 15) is 13.0 Å². The fraction of sp³-hybridized carbons (Fsp3) is 1.00. The molecule has 0 aliphatic rings. The van der Waals surface area contributed by atoms with E-state index in [-0.39, 0.29) is 36.2 Å². The van der Waals surface area contributed by atoms with Crippen molar-refractivity contribution < 1.29 is 47.6 Å². The Morgan fingerprint density at radius 3 is 2.00 bits per heavy atom. The molecule has 0 fully saturated rings. The minimum atomic E-state index is -4.15. The van der Waals surface area contributed by atoms with Crippen LogP contribution in [0.2, 0.25) is 0 Å². The summed E-state index contributed by atoms with van der Waals surface area (Å²) in [6.45, 7) is 2.17. The molecule has 0 rings (SSSR count).